The quantitative estimate of drug-likeness (QED) is 0.684. The Labute approximate surface area is 113 Å². The highest BCUT2D eigenvalue weighted by Crippen LogP contribution is 2.31. The van der Waals surface area contributed by atoms with Crippen molar-refractivity contribution < 1.29 is 9.66 Å². The van der Waals surface area contributed by atoms with Gasteiger partial charge in [-0.2, -0.15) is 0 Å². The highest BCUT2D eigenvalue weighted by Gasteiger charge is 2.14. The molecule has 1 aromatic heterocycles. The first-order chi connectivity index (χ1) is 8.99. The van der Waals surface area contributed by atoms with Gasteiger partial charge in [0, 0.05) is 12.1 Å². The molecule has 0 fully saturated rings. The summed E-state index contributed by atoms with van der Waals surface area (Å²) in [6.07, 6.45) is 1.27. The number of benzene rings is 1. The smallest absolute Gasteiger partial charge is 0.288 e. The molecule has 0 amide bonds. The molecule has 8 heteroatoms. The lowest BCUT2D eigenvalue weighted by Crippen LogP contribution is -1.99. The van der Waals surface area contributed by atoms with E-state index in [2.05, 4.69) is 9.97 Å². The molecule has 0 spiro atoms. The molecule has 19 heavy (non-hydrogen) atoms. The van der Waals surface area contributed by atoms with Gasteiger partial charge in [0.05, 0.1) is 10.5 Å². The van der Waals surface area contributed by atoms with E-state index in [-0.39, 0.29) is 16.6 Å². The van der Waals surface area contributed by atoms with Crippen LogP contribution in [0.2, 0.25) is 5.02 Å². The number of nitrogens with zero attached hydrogens (tertiary/aromatic N) is 3. The average Bonchev–Trinajstić information content (AvgIpc) is 2.34. The summed E-state index contributed by atoms with van der Waals surface area (Å²) in [5.74, 6) is 0.909. The molecule has 2 aromatic rings. The van der Waals surface area contributed by atoms with Gasteiger partial charge in [0.2, 0.25) is 5.88 Å². The summed E-state index contributed by atoms with van der Waals surface area (Å²) in [5, 5.41) is 10.6. The number of nitrogen functional groups attached to an aromatic ring is 1. The van der Waals surface area contributed by atoms with Crippen LogP contribution in [0, 0.1) is 17.0 Å². The Morgan fingerprint density at radius 2 is 2.16 bits per heavy atom. The molecule has 0 saturated heterocycles. The van der Waals surface area contributed by atoms with Crippen LogP contribution in [0.3, 0.4) is 0 Å². The molecule has 0 radical (unpaired) electrons. The highest BCUT2D eigenvalue weighted by atomic mass is 35.5. The van der Waals surface area contributed by atoms with E-state index in [1.54, 1.807) is 6.92 Å². The zero-order valence-electron chi connectivity index (χ0n) is 9.83. The first-order valence-corrected chi connectivity index (χ1v) is 5.55. The van der Waals surface area contributed by atoms with Gasteiger partial charge in [0.1, 0.15) is 22.9 Å². The van der Waals surface area contributed by atoms with Gasteiger partial charge >= 0.3 is 0 Å². The van der Waals surface area contributed by atoms with Gasteiger partial charge in [-0.05, 0) is 13.0 Å². The first-order valence-electron chi connectivity index (χ1n) is 5.18. The maximum absolute atomic E-state index is 10.6. The molecule has 0 unspecified atom stereocenters. The summed E-state index contributed by atoms with van der Waals surface area (Å²) < 4.78 is 5.47. The Morgan fingerprint density at radius 3 is 2.79 bits per heavy atom. The Bertz CT molecular complexity index is 648. The molecule has 98 valence electrons. The minimum atomic E-state index is -0.569. The largest absolute Gasteiger partial charge is 0.438 e. The van der Waals surface area contributed by atoms with Gasteiger partial charge in [-0.3, -0.25) is 10.1 Å². The molecule has 1 heterocycles. The van der Waals surface area contributed by atoms with Crippen LogP contribution in [0.5, 0.6) is 11.6 Å². The third-order valence-electron chi connectivity index (χ3n) is 2.41. The van der Waals surface area contributed by atoms with Crippen molar-refractivity contribution in [2.75, 3.05) is 5.73 Å². The second kappa shape index (κ2) is 5.07. The number of ether oxygens (including phenoxy) is 1. The lowest BCUT2D eigenvalue weighted by molar-refractivity contribution is -0.384. The van der Waals surface area contributed by atoms with Gasteiger partial charge in [0.15, 0.2) is 0 Å². The summed E-state index contributed by atoms with van der Waals surface area (Å²) in [6.45, 7) is 1.71. The van der Waals surface area contributed by atoms with Crippen molar-refractivity contribution in [1.82, 2.24) is 9.97 Å². The Hall–Kier alpha value is -2.41. The zero-order valence-corrected chi connectivity index (χ0v) is 10.6. The fourth-order valence-corrected chi connectivity index (χ4v) is 1.60. The van der Waals surface area contributed by atoms with E-state index in [0.717, 1.165) is 0 Å². The topological polar surface area (TPSA) is 104 Å². The number of nitro groups is 1. The summed E-state index contributed by atoms with van der Waals surface area (Å²) >= 11 is 5.78. The molecule has 0 aliphatic heterocycles. The molecule has 0 aliphatic carbocycles. The van der Waals surface area contributed by atoms with Crippen LogP contribution >= 0.6 is 11.6 Å². The molecule has 1 aromatic carbocycles. The van der Waals surface area contributed by atoms with Crippen LogP contribution in [-0.4, -0.2) is 14.9 Å². The van der Waals surface area contributed by atoms with Crippen LogP contribution in [0.15, 0.2) is 24.5 Å². The van der Waals surface area contributed by atoms with E-state index < -0.39 is 4.92 Å². The molecule has 2 rings (SSSR count). The Morgan fingerprint density at radius 1 is 1.42 bits per heavy atom. The normalized spacial score (nSPS) is 10.2. The number of rotatable bonds is 3. The van der Waals surface area contributed by atoms with Crippen molar-refractivity contribution in [3.8, 4) is 11.6 Å². The van der Waals surface area contributed by atoms with Crippen molar-refractivity contribution in [2.24, 2.45) is 0 Å². The zero-order chi connectivity index (χ0) is 14.0. The molecule has 0 atom stereocenters. The Balaban J connectivity index is 2.32. The van der Waals surface area contributed by atoms with E-state index >= 15 is 0 Å². The minimum absolute atomic E-state index is 0.0119. The fraction of sp³-hybridized carbons (Fsp3) is 0.0909. The van der Waals surface area contributed by atoms with Gasteiger partial charge in [-0.25, -0.2) is 9.97 Å². The van der Waals surface area contributed by atoms with Crippen molar-refractivity contribution >= 4 is 23.1 Å². The summed E-state index contributed by atoms with van der Waals surface area (Å²) in [7, 11) is 0. The molecular weight excluding hydrogens is 272 g/mol. The maximum Gasteiger partial charge on any atom is 0.288 e. The standard InChI is InChI=1S/C11H9ClN4O3/c1-6-10(13)14-5-15-11(6)19-7-2-3-9(16(17)18)8(12)4-7/h2-5H,1H3,(H2,13,14,15). The number of aromatic nitrogens is 2. The average molecular weight is 281 g/mol. The van der Waals surface area contributed by atoms with Gasteiger partial charge in [-0.1, -0.05) is 11.6 Å². The predicted octanol–water partition coefficient (Wildman–Crippen LogP) is 2.72. The number of nitro benzene ring substituents is 1. The second-order valence-corrected chi connectivity index (χ2v) is 4.07. The van der Waals surface area contributed by atoms with Crippen LogP contribution < -0.4 is 10.5 Å². The lowest BCUT2D eigenvalue weighted by Gasteiger charge is -2.08. The number of hydrogen-bond acceptors (Lipinski definition) is 6. The van der Waals surface area contributed by atoms with Gasteiger partial charge < -0.3 is 10.5 Å². The summed E-state index contributed by atoms with van der Waals surface area (Å²) in [4.78, 5) is 17.8. The van der Waals surface area contributed by atoms with E-state index in [1.165, 1.54) is 24.5 Å². The molecule has 2 N–H and O–H groups in total. The van der Waals surface area contributed by atoms with E-state index in [0.29, 0.717) is 17.1 Å². The summed E-state index contributed by atoms with van der Waals surface area (Å²) in [6, 6.07) is 4.04. The second-order valence-electron chi connectivity index (χ2n) is 3.66. The Kier molecular flexibility index (Phi) is 3.48. The number of halogens is 1. The SMILES string of the molecule is Cc1c(N)ncnc1Oc1ccc([N+](=O)[O-])c(Cl)c1. The molecular formula is C11H9ClN4O3. The summed E-state index contributed by atoms with van der Waals surface area (Å²) in [5.41, 5.74) is 6.01. The predicted molar refractivity (Wildman–Crippen MR) is 69.4 cm³/mol. The number of anilines is 1. The van der Waals surface area contributed by atoms with Crippen LogP contribution in [0.1, 0.15) is 5.56 Å². The maximum atomic E-state index is 10.6. The van der Waals surface area contributed by atoms with Crippen molar-refractivity contribution in [3.05, 3.63) is 45.2 Å². The number of hydrogen-bond donors (Lipinski definition) is 1. The number of nitrogens with two attached hydrogens (primary N) is 1. The van der Waals surface area contributed by atoms with Crippen molar-refractivity contribution in [1.29, 1.82) is 0 Å². The van der Waals surface area contributed by atoms with Crippen molar-refractivity contribution in [3.63, 3.8) is 0 Å². The first kappa shape index (κ1) is 13.0. The third-order valence-corrected chi connectivity index (χ3v) is 2.71. The lowest BCUT2D eigenvalue weighted by atomic mass is 10.3. The van der Waals surface area contributed by atoms with Crippen LogP contribution in [0.4, 0.5) is 11.5 Å². The minimum Gasteiger partial charge on any atom is -0.438 e. The molecule has 0 aliphatic rings. The van der Waals surface area contributed by atoms with Gasteiger partial charge in [0.25, 0.3) is 5.69 Å². The molecule has 0 bridgehead atoms. The van der Waals surface area contributed by atoms with E-state index in [4.69, 9.17) is 22.1 Å². The van der Waals surface area contributed by atoms with Crippen molar-refractivity contribution in [2.45, 2.75) is 6.92 Å². The van der Waals surface area contributed by atoms with Gasteiger partial charge in [-0.15, -0.1) is 0 Å². The van der Waals surface area contributed by atoms with E-state index in [9.17, 15) is 10.1 Å². The highest BCUT2D eigenvalue weighted by molar-refractivity contribution is 6.32. The van der Waals surface area contributed by atoms with Crippen LogP contribution in [0.25, 0.3) is 0 Å². The fourth-order valence-electron chi connectivity index (χ4n) is 1.36. The van der Waals surface area contributed by atoms with E-state index in [1.807, 2.05) is 0 Å². The monoisotopic (exact) mass is 280 g/mol. The van der Waals surface area contributed by atoms with Crippen LogP contribution in [-0.2, 0) is 0 Å². The molecule has 0 saturated carbocycles. The third kappa shape index (κ3) is 2.71. The molecule has 7 nitrogen and oxygen atoms in total.